The third-order valence-electron chi connectivity index (χ3n) is 4.09. The van der Waals surface area contributed by atoms with Crippen molar-refractivity contribution in [2.45, 2.75) is 25.2 Å². The molecule has 1 aliphatic carbocycles. The molecule has 1 saturated carbocycles. The highest BCUT2D eigenvalue weighted by atomic mass is 79.9. The van der Waals surface area contributed by atoms with Gasteiger partial charge in [-0.05, 0) is 47.8 Å². The molecule has 1 aromatic heterocycles. The van der Waals surface area contributed by atoms with Gasteiger partial charge in [-0.15, -0.1) is 0 Å². The first kappa shape index (κ1) is 13.6. The summed E-state index contributed by atoms with van der Waals surface area (Å²) in [7, 11) is 1.67. The number of methoxy groups -OCH3 is 1. The molecule has 4 nitrogen and oxygen atoms in total. The first-order chi connectivity index (χ1) is 9.61. The Morgan fingerprint density at radius 2 is 2.20 bits per heavy atom. The molecular formula is C15H18BrN3O. The van der Waals surface area contributed by atoms with Crippen LogP contribution in [0.2, 0.25) is 0 Å². The largest absolute Gasteiger partial charge is 0.497 e. The van der Waals surface area contributed by atoms with Crippen molar-refractivity contribution in [2.24, 2.45) is 5.73 Å². The van der Waals surface area contributed by atoms with Crippen LogP contribution in [0.15, 0.2) is 28.7 Å². The summed E-state index contributed by atoms with van der Waals surface area (Å²) in [4.78, 5) is 0. The maximum atomic E-state index is 5.92. The van der Waals surface area contributed by atoms with Gasteiger partial charge >= 0.3 is 0 Å². The minimum Gasteiger partial charge on any atom is -0.497 e. The highest BCUT2D eigenvalue weighted by molar-refractivity contribution is 9.10. The lowest BCUT2D eigenvalue weighted by molar-refractivity contribution is 0.414. The van der Waals surface area contributed by atoms with E-state index < -0.39 is 0 Å². The summed E-state index contributed by atoms with van der Waals surface area (Å²) in [5.41, 5.74) is 9.18. The molecule has 1 heterocycles. The molecule has 0 atom stereocenters. The predicted octanol–water partition coefficient (Wildman–Crippen LogP) is 2.94. The van der Waals surface area contributed by atoms with Crippen molar-refractivity contribution >= 4 is 15.9 Å². The van der Waals surface area contributed by atoms with Crippen LogP contribution in [-0.2, 0) is 5.41 Å². The average Bonchev–Trinajstić information content (AvgIpc) is 3.22. The molecule has 20 heavy (non-hydrogen) atoms. The summed E-state index contributed by atoms with van der Waals surface area (Å²) in [6, 6.07) is 7.91. The number of hydrogen-bond acceptors (Lipinski definition) is 3. The number of nitrogens with two attached hydrogens (primary N) is 1. The Labute approximate surface area is 127 Å². The van der Waals surface area contributed by atoms with Crippen LogP contribution in [0.5, 0.6) is 5.75 Å². The van der Waals surface area contributed by atoms with Gasteiger partial charge in [0.05, 0.1) is 28.7 Å². The highest BCUT2D eigenvalue weighted by Crippen LogP contribution is 2.49. The fraction of sp³-hybridized carbons (Fsp3) is 0.400. The molecule has 0 radical (unpaired) electrons. The van der Waals surface area contributed by atoms with E-state index in [1.807, 2.05) is 28.9 Å². The number of aromatic nitrogens is 2. The Morgan fingerprint density at radius 1 is 1.45 bits per heavy atom. The zero-order valence-electron chi connectivity index (χ0n) is 11.7. The zero-order chi connectivity index (χ0) is 14.3. The van der Waals surface area contributed by atoms with Crippen LogP contribution in [0, 0.1) is 6.92 Å². The van der Waals surface area contributed by atoms with Crippen LogP contribution in [0.3, 0.4) is 0 Å². The van der Waals surface area contributed by atoms with Gasteiger partial charge in [0.2, 0.25) is 0 Å². The van der Waals surface area contributed by atoms with Crippen LogP contribution >= 0.6 is 15.9 Å². The van der Waals surface area contributed by atoms with Gasteiger partial charge in [-0.3, -0.25) is 0 Å². The van der Waals surface area contributed by atoms with Crippen molar-refractivity contribution in [3.63, 3.8) is 0 Å². The maximum absolute atomic E-state index is 5.92. The van der Waals surface area contributed by atoms with Crippen molar-refractivity contribution in [3.8, 4) is 11.4 Å². The van der Waals surface area contributed by atoms with E-state index in [1.54, 1.807) is 7.11 Å². The molecule has 1 fully saturated rings. The Morgan fingerprint density at radius 3 is 2.80 bits per heavy atom. The van der Waals surface area contributed by atoms with Gasteiger partial charge in [0.25, 0.3) is 0 Å². The second-order valence-electron chi connectivity index (χ2n) is 5.35. The first-order valence-corrected chi connectivity index (χ1v) is 7.51. The van der Waals surface area contributed by atoms with Gasteiger partial charge in [0, 0.05) is 18.0 Å². The molecule has 0 saturated heterocycles. The van der Waals surface area contributed by atoms with E-state index in [2.05, 4.69) is 22.9 Å². The van der Waals surface area contributed by atoms with Crippen LogP contribution < -0.4 is 10.5 Å². The Balaban J connectivity index is 2.08. The molecule has 1 aromatic carbocycles. The molecular weight excluding hydrogens is 318 g/mol. The van der Waals surface area contributed by atoms with E-state index in [0.29, 0.717) is 6.54 Å². The normalized spacial score (nSPS) is 16.2. The smallest absolute Gasteiger partial charge is 0.121 e. The van der Waals surface area contributed by atoms with Crippen molar-refractivity contribution in [3.05, 3.63) is 40.1 Å². The molecule has 1 aliphatic rings. The van der Waals surface area contributed by atoms with E-state index in [-0.39, 0.29) is 5.41 Å². The van der Waals surface area contributed by atoms with E-state index >= 15 is 0 Å². The lowest BCUT2D eigenvalue weighted by Crippen LogP contribution is -2.21. The fourth-order valence-corrected chi connectivity index (χ4v) is 3.17. The quantitative estimate of drug-likeness (QED) is 0.934. The number of halogens is 1. The summed E-state index contributed by atoms with van der Waals surface area (Å²) in [6.45, 7) is 2.72. The number of rotatable bonds is 4. The monoisotopic (exact) mass is 335 g/mol. The Kier molecular flexibility index (Phi) is 3.34. The van der Waals surface area contributed by atoms with Crippen LogP contribution in [0.25, 0.3) is 5.69 Å². The fourth-order valence-electron chi connectivity index (χ4n) is 2.50. The van der Waals surface area contributed by atoms with Crippen LogP contribution in [0.1, 0.15) is 24.2 Å². The molecule has 5 heteroatoms. The molecule has 0 unspecified atom stereocenters. The summed E-state index contributed by atoms with van der Waals surface area (Å²) in [6.07, 6.45) is 2.24. The van der Waals surface area contributed by atoms with Crippen molar-refractivity contribution in [1.82, 2.24) is 9.78 Å². The lowest BCUT2D eigenvalue weighted by Gasteiger charge is -2.09. The second-order valence-corrected chi connectivity index (χ2v) is 6.14. The van der Waals surface area contributed by atoms with E-state index in [4.69, 9.17) is 15.6 Å². The molecule has 0 aliphatic heterocycles. The average molecular weight is 336 g/mol. The SMILES string of the molecule is COc1cccc(-n2nc(C3(CN)CC3)c(Br)c2C)c1. The summed E-state index contributed by atoms with van der Waals surface area (Å²) in [5.74, 6) is 0.829. The Hall–Kier alpha value is -1.33. The molecule has 2 N–H and O–H groups in total. The summed E-state index contributed by atoms with van der Waals surface area (Å²) < 4.78 is 8.31. The van der Waals surface area contributed by atoms with Crippen molar-refractivity contribution < 1.29 is 4.74 Å². The zero-order valence-corrected chi connectivity index (χ0v) is 13.3. The minimum atomic E-state index is 0.0771. The highest BCUT2D eigenvalue weighted by Gasteiger charge is 2.47. The van der Waals surface area contributed by atoms with Crippen LogP contribution in [0.4, 0.5) is 0 Å². The van der Waals surface area contributed by atoms with Gasteiger partial charge in [0.1, 0.15) is 5.75 Å². The van der Waals surface area contributed by atoms with Gasteiger partial charge in [0.15, 0.2) is 0 Å². The maximum Gasteiger partial charge on any atom is 0.121 e. The van der Waals surface area contributed by atoms with E-state index in [1.165, 1.54) is 0 Å². The molecule has 3 rings (SSSR count). The number of hydrogen-bond donors (Lipinski definition) is 1. The molecule has 0 spiro atoms. The number of ether oxygens (including phenoxy) is 1. The molecule has 2 aromatic rings. The first-order valence-electron chi connectivity index (χ1n) is 6.71. The van der Waals surface area contributed by atoms with E-state index in [0.717, 1.165) is 40.1 Å². The Bertz CT molecular complexity index is 647. The van der Waals surface area contributed by atoms with Gasteiger partial charge in [-0.2, -0.15) is 5.10 Å². The molecule has 0 bridgehead atoms. The predicted molar refractivity (Wildman–Crippen MR) is 82.5 cm³/mol. The van der Waals surface area contributed by atoms with Crippen molar-refractivity contribution in [2.75, 3.05) is 13.7 Å². The topological polar surface area (TPSA) is 53.1 Å². The lowest BCUT2D eigenvalue weighted by atomic mass is 10.0. The second kappa shape index (κ2) is 4.90. The summed E-state index contributed by atoms with van der Waals surface area (Å²) >= 11 is 3.68. The summed E-state index contributed by atoms with van der Waals surface area (Å²) in [5, 5.41) is 4.79. The number of benzene rings is 1. The van der Waals surface area contributed by atoms with E-state index in [9.17, 15) is 0 Å². The van der Waals surface area contributed by atoms with Gasteiger partial charge in [-0.1, -0.05) is 6.07 Å². The standard InChI is InChI=1S/C15H18BrN3O/c1-10-13(16)14(15(9-17)6-7-15)18-19(10)11-4-3-5-12(8-11)20-2/h3-5,8H,6-7,9,17H2,1-2H3. The third kappa shape index (κ3) is 2.05. The van der Waals surface area contributed by atoms with Crippen LogP contribution in [-0.4, -0.2) is 23.4 Å². The third-order valence-corrected chi connectivity index (χ3v) is 5.04. The van der Waals surface area contributed by atoms with Gasteiger partial charge in [-0.25, -0.2) is 4.68 Å². The molecule has 0 amide bonds. The molecule has 106 valence electrons. The van der Waals surface area contributed by atoms with Crippen molar-refractivity contribution in [1.29, 1.82) is 0 Å². The van der Waals surface area contributed by atoms with Gasteiger partial charge < -0.3 is 10.5 Å². The minimum absolute atomic E-state index is 0.0771. The number of nitrogens with zero attached hydrogens (tertiary/aromatic N) is 2.